The quantitative estimate of drug-likeness (QED) is 0.551. The van der Waals surface area contributed by atoms with Crippen molar-refractivity contribution in [2.45, 2.75) is 12.1 Å². The van der Waals surface area contributed by atoms with Gasteiger partial charge < -0.3 is 10.1 Å². The highest BCUT2D eigenvalue weighted by molar-refractivity contribution is 6.05. The Bertz CT molecular complexity index is 987. The molecule has 4 rings (SSSR count). The van der Waals surface area contributed by atoms with E-state index in [1.54, 1.807) is 30.3 Å². The normalized spacial score (nSPS) is 18.3. The largest absolute Gasteiger partial charge is 0.482 e. The minimum Gasteiger partial charge on any atom is -0.482 e. The van der Waals surface area contributed by atoms with Crippen LogP contribution in [0.3, 0.4) is 0 Å². The number of para-hydroxylation sites is 1. The standard InChI is InChI=1S/C21H16N2O4/c24-20-17-8-4-5-9-18(17)27-21(14-6-2-1-3-7-14)19(20)22-15-10-12-16(13-11-15)23(25)26/h1-13,19,21-22H. The second-order valence-electron chi connectivity index (χ2n) is 6.24. The number of ketones is 1. The first-order valence-corrected chi connectivity index (χ1v) is 8.49. The lowest BCUT2D eigenvalue weighted by Crippen LogP contribution is -2.42. The van der Waals surface area contributed by atoms with Crippen molar-refractivity contribution < 1.29 is 14.5 Å². The number of nitro benzene ring substituents is 1. The van der Waals surface area contributed by atoms with Gasteiger partial charge >= 0.3 is 0 Å². The van der Waals surface area contributed by atoms with Gasteiger partial charge in [-0.3, -0.25) is 14.9 Å². The molecule has 0 aromatic heterocycles. The number of hydrogen-bond acceptors (Lipinski definition) is 5. The van der Waals surface area contributed by atoms with Crippen LogP contribution >= 0.6 is 0 Å². The minimum atomic E-state index is -0.649. The molecule has 0 saturated carbocycles. The number of nitrogens with one attached hydrogen (secondary N) is 1. The van der Waals surface area contributed by atoms with Crippen molar-refractivity contribution in [3.8, 4) is 5.75 Å². The number of benzene rings is 3. The maximum atomic E-state index is 13.1. The molecule has 0 saturated heterocycles. The maximum absolute atomic E-state index is 13.1. The van der Waals surface area contributed by atoms with E-state index in [0.29, 0.717) is 17.0 Å². The molecule has 0 radical (unpaired) electrons. The molecule has 0 bridgehead atoms. The molecule has 6 nitrogen and oxygen atoms in total. The van der Waals surface area contributed by atoms with Crippen LogP contribution in [0.1, 0.15) is 22.0 Å². The second kappa shape index (κ2) is 6.92. The van der Waals surface area contributed by atoms with Crippen molar-refractivity contribution in [2.75, 3.05) is 5.32 Å². The molecule has 2 unspecified atom stereocenters. The van der Waals surface area contributed by atoms with Crippen molar-refractivity contribution in [1.82, 2.24) is 0 Å². The number of rotatable bonds is 4. The van der Waals surface area contributed by atoms with Crippen molar-refractivity contribution >= 4 is 17.2 Å². The van der Waals surface area contributed by atoms with Crippen LogP contribution in [0.5, 0.6) is 5.75 Å². The van der Waals surface area contributed by atoms with Crippen LogP contribution in [0.2, 0.25) is 0 Å². The summed E-state index contributed by atoms with van der Waals surface area (Å²) in [4.78, 5) is 23.5. The predicted octanol–water partition coefficient (Wildman–Crippen LogP) is 4.39. The van der Waals surface area contributed by atoms with Gasteiger partial charge in [0.25, 0.3) is 5.69 Å². The molecule has 0 aliphatic carbocycles. The summed E-state index contributed by atoms with van der Waals surface area (Å²) in [6, 6.07) is 22.0. The van der Waals surface area contributed by atoms with Crippen LogP contribution in [-0.4, -0.2) is 16.7 Å². The Labute approximate surface area is 155 Å². The summed E-state index contributed by atoms with van der Waals surface area (Å²) in [5.74, 6) is 0.474. The lowest BCUT2D eigenvalue weighted by atomic mass is 9.91. The second-order valence-corrected chi connectivity index (χ2v) is 6.24. The van der Waals surface area contributed by atoms with Gasteiger partial charge in [-0.2, -0.15) is 0 Å². The number of Topliss-reactive ketones (excluding diaryl/α,β-unsaturated/α-hetero) is 1. The number of nitrogens with zero attached hydrogens (tertiary/aromatic N) is 1. The van der Waals surface area contributed by atoms with Gasteiger partial charge in [-0.25, -0.2) is 0 Å². The molecule has 3 aromatic rings. The third-order valence-corrected chi connectivity index (χ3v) is 4.52. The number of fused-ring (bicyclic) bond motifs is 1. The summed E-state index contributed by atoms with van der Waals surface area (Å²) in [5, 5.41) is 14.0. The Hall–Kier alpha value is -3.67. The fourth-order valence-corrected chi connectivity index (χ4v) is 3.19. The van der Waals surface area contributed by atoms with E-state index in [4.69, 9.17) is 4.74 Å². The number of carbonyl (C=O) groups is 1. The number of nitro groups is 1. The average molecular weight is 360 g/mol. The van der Waals surface area contributed by atoms with Crippen LogP contribution in [0.25, 0.3) is 0 Å². The highest BCUT2D eigenvalue weighted by Gasteiger charge is 2.38. The molecular weight excluding hydrogens is 344 g/mol. The van der Waals surface area contributed by atoms with E-state index in [1.807, 2.05) is 36.4 Å². The molecule has 134 valence electrons. The molecule has 3 aromatic carbocycles. The molecule has 1 aliphatic heterocycles. The fraction of sp³-hybridized carbons (Fsp3) is 0.0952. The van der Waals surface area contributed by atoms with Gasteiger partial charge in [-0.1, -0.05) is 42.5 Å². The fourth-order valence-electron chi connectivity index (χ4n) is 3.19. The van der Waals surface area contributed by atoms with E-state index in [1.165, 1.54) is 12.1 Å². The molecule has 0 amide bonds. The first kappa shape index (κ1) is 16.8. The zero-order valence-corrected chi connectivity index (χ0v) is 14.2. The Balaban J connectivity index is 1.70. The third kappa shape index (κ3) is 3.25. The van der Waals surface area contributed by atoms with E-state index in [9.17, 15) is 14.9 Å². The topological polar surface area (TPSA) is 81.5 Å². The van der Waals surface area contributed by atoms with Crippen molar-refractivity contribution in [1.29, 1.82) is 0 Å². The molecule has 6 heteroatoms. The number of anilines is 1. The summed E-state index contributed by atoms with van der Waals surface area (Å²) < 4.78 is 6.14. The van der Waals surface area contributed by atoms with E-state index >= 15 is 0 Å². The zero-order valence-electron chi connectivity index (χ0n) is 14.2. The predicted molar refractivity (Wildman–Crippen MR) is 101 cm³/mol. The van der Waals surface area contributed by atoms with Crippen molar-refractivity contribution in [2.24, 2.45) is 0 Å². The number of hydrogen-bond donors (Lipinski definition) is 1. The highest BCUT2D eigenvalue weighted by atomic mass is 16.6. The van der Waals surface area contributed by atoms with E-state index in [-0.39, 0.29) is 11.5 Å². The molecule has 2 atom stereocenters. The van der Waals surface area contributed by atoms with Crippen LogP contribution in [-0.2, 0) is 0 Å². The Morgan fingerprint density at radius 1 is 0.889 bits per heavy atom. The van der Waals surface area contributed by atoms with E-state index in [0.717, 1.165) is 5.56 Å². The SMILES string of the molecule is O=C1c2ccccc2OC(c2ccccc2)C1Nc1ccc([N+](=O)[O-])cc1. The van der Waals surface area contributed by atoms with Gasteiger partial charge in [0, 0.05) is 17.8 Å². The number of ether oxygens (including phenoxy) is 1. The summed E-state index contributed by atoms with van der Waals surface area (Å²) >= 11 is 0. The first-order chi connectivity index (χ1) is 13.1. The molecule has 1 aliphatic rings. The third-order valence-electron chi connectivity index (χ3n) is 4.52. The highest BCUT2D eigenvalue weighted by Crippen LogP contribution is 2.36. The summed E-state index contributed by atoms with van der Waals surface area (Å²) in [6.07, 6.45) is -0.510. The molecule has 1 heterocycles. The van der Waals surface area contributed by atoms with Gasteiger partial charge in [0.1, 0.15) is 11.8 Å². The van der Waals surface area contributed by atoms with Gasteiger partial charge in [-0.15, -0.1) is 0 Å². The number of non-ortho nitro benzene ring substituents is 1. The zero-order chi connectivity index (χ0) is 18.8. The molecule has 0 spiro atoms. The van der Waals surface area contributed by atoms with Crippen molar-refractivity contribution in [3.63, 3.8) is 0 Å². The van der Waals surface area contributed by atoms with Gasteiger partial charge in [0.15, 0.2) is 11.9 Å². The monoisotopic (exact) mass is 360 g/mol. The van der Waals surface area contributed by atoms with Crippen LogP contribution in [0, 0.1) is 10.1 Å². The summed E-state index contributed by atoms with van der Waals surface area (Å²) in [5.41, 5.74) is 2.00. The average Bonchev–Trinajstić information content (AvgIpc) is 2.71. The Morgan fingerprint density at radius 2 is 1.56 bits per heavy atom. The minimum absolute atomic E-state index is 0.00303. The lowest BCUT2D eigenvalue weighted by Gasteiger charge is -2.33. The van der Waals surface area contributed by atoms with Crippen LogP contribution in [0.15, 0.2) is 78.9 Å². The van der Waals surface area contributed by atoms with E-state index in [2.05, 4.69) is 5.32 Å². The first-order valence-electron chi connectivity index (χ1n) is 8.49. The summed E-state index contributed by atoms with van der Waals surface area (Å²) in [7, 11) is 0. The number of carbonyl (C=O) groups excluding carboxylic acids is 1. The van der Waals surface area contributed by atoms with Gasteiger partial charge in [-0.05, 0) is 29.8 Å². The smallest absolute Gasteiger partial charge is 0.269 e. The lowest BCUT2D eigenvalue weighted by molar-refractivity contribution is -0.384. The van der Waals surface area contributed by atoms with Crippen molar-refractivity contribution in [3.05, 3.63) is 100 Å². The van der Waals surface area contributed by atoms with Crippen LogP contribution in [0.4, 0.5) is 11.4 Å². The van der Waals surface area contributed by atoms with Crippen LogP contribution < -0.4 is 10.1 Å². The maximum Gasteiger partial charge on any atom is 0.269 e. The molecular formula is C21H16N2O4. The Kier molecular flexibility index (Phi) is 4.30. The summed E-state index contributed by atoms with van der Waals surface area (Å²) in [6.45, 7) is 0. The molecule has 27 heavy (non-hydrogen) atoms. The Morgan fingerprint density at radius 3 is 2.26 bits per heavy atom. The van der Waals surface area contributed by atoms with E-state index < -0.39 is 17.1 Å². The van der Waals surface area contributed by atoms with Gasteiger partial charge in [0.05, 0.1) is 10.5 Å². The molecule has 0 fully saturated rings. The molecule has 1 N–H and O–H groups in total. The van der Waals surface area contributed by atoms with Gasteiger partial charge in [0.2, 0.25) is 0 Å².